The minimum Gasteiger partial charge on any atom is -0.399 e. The summed E-state index contributed by atoms with van der Waals surface area (Å²) in [6, 6.07) is 15.0. The van der Waals surface area contributed by atoms with Crippen molar-refractivity contribution >= 4 is 5.69 Å². The Labute approximate surface area is 142 Å². The van der Waals surface area contributed by atoms with E-state index >= 15 is 0 Å². The molecule has 0 unspecified atom stereocenters. The lowest BCUT2D eigenvalue weighted by atomic mass is 9.98. The van der Waals surface area contributed by atoms with Crippen molar-refractivity contribution in [2.24, 2.45) is 0 Å². The predicted octanol–water partition coefficient (Wildman–Crippen LogP) is 3.06. The van der Waals surface area contributed by atoms with Gasteiger partial charge in [-0.1, -0.05) is 18.2 Å². The topological polar surface area (TPSA) is 47.1 Å². The Morgan fingerprint density at radius 3 is 2.71 bits per heavy atom. The van der Waals surface area contributed by atoms with E-state index in [1.54, 1.807) is 0 Å². The Kier molecular flexibility index (Phi) is 4.05. The number of anilines is 1. The quantitative estimate of drug-likeness (QED) is 0.752. The van der Waals surface area contributed by atoms with Crippen molar-refractivity contribution < 1.29 is 0 Å². The van der Waals surface area contributed by atoms with Crippen LogP contribution in [0.15, 0.2) is 61.2 Å². The van der Waals surface area contributed by atoms with Crippen LogP contribution in [0.5, 0.6) is 0 Å². The highest BCUT2D eigenvalue weighted by Gasteiger charge is 2.16. The monoisotopic (exact) mass is 318 g/mol. The first-order valence-corrected chi connectivity index (χ1v) is 8.45. The fourth-order valence-electron chi connectivity index (χ4n) is 3.33. The molecule has 0 bridgehead atoms. The lowest BCUT2D eigenvalue weighted by Gasteiger charge is -2.29. The summed E-state index contributed by atoms with van der Waals surface area (Å²) in [6.07, 6.45) is 7.84. The van der Waals surface area contributed by atoms with Gasteiger partial charge in [0, 0.05) is 43.4 Å². The van der Waals surface area contributed by atoms with Crippen LogP contribution < -0.4 is 5.73 Å². The number of benzene rings is 2. The Morgan fingerprint density at radius 1 is 1.04 bits per heavy atom. The maximum atomic E-state index is 5.75. The summed E-state index contributed by atoms with van der Waals surface area (Å²) in [5.41, 5.74) is 12.0. The molecule has 3 aromatic rings. The van der Waals surface area contributed by atoms with Crippen LogP contribution in [0.25, 0.3) is 5.69 Å². The Balaban J connectivity index is 1.41. The van der Waals surface area contributed by atoms with Crippen LogP contribution in [-0.2, 0) is 19.4 Å². The maximum absolute atomic E-state index is 5.75. The SMILES string of the molecule is Nc1ccc(CCN2CCc3cc(-n4ccnc4)ccc3C2)cc1. The van der Waals surface area contributed by atoms with E-state index in [-0.39, 0.29) is 0 Å². The molecule has 2 aromatic carbocycles. The number of nitrogen functional groups attached to an aromatic ring is 1. The minimum absolute atomic E-state index is 0.833. The van der Waals surface area contributed by atoms with Gasteiger partial charge in [0.05, 0.1) is 6.33 Å². The van der Waals surface area contributed by atoms with Gasteiger partial charge in [-0.2, -0.15) is 0 Å². The number of nitrogens with zero attached hydrogens (tertiary/aromatic N) is 3. The van der Waals surface area contributed by atoms with Crippen LogP contribution in [0.3, 0.4) is 0 Å². The van der Waals surface area contributed by atoms with Gasteiger partial charge in [-0.15, -0.1) is 0 Å². The first-order chi connectivity index (χ1) is 11.8. The Hall–Kier alpha value is -2.59. The molecule has 1 aliphatic heterocycles. The van der Waals surface area contributed by atoms with Crippen molar-refractivity contribution in [1.82, 2.24) is 14.5 Å². The van der Waals surface area contributed by atoms with Crippen molar-refractivity contribution in [3.63, 3.8) is 0 Å². The average Bonchev–Trinajstić information content (AvgIpc) is 3.15. The highest BCUT2D eigenvalue weighted by molar-refractivity contribution is 5.42. The minimum atomic E-state index is 0.833. The van der Waals surface area contributed by atoms with Gasteiger partial charge in [-0.05, 0) is 53.8 Å². The molecule has 0 spiro atoms. The molecule has 4 rings (SSSR count). The Morgan fingerprint density at radius 2 is 1.92 bits per heavy atom. The summed E-state index contributed by atoms with van der Waals surface area (Å²) < 4.78 is 2.06. The molecule has 1 aromatic heterocycles. The molecular weight excluding hydrogens is 296 g/mol. The largest absolute Gasteiger partial charge is 0.399 e. The molecule has 0 fully saturated rings. The highest BCUT2D eigenvalue weighted by Crippen LogP contribution is 2.22. The number of imidazole rings is 1. The van der Waals surface area contributed by atoms with E-state index < -0.39 is 0 Å². The van der Waals surface area contributed by atoms with Crippen LogP contribution in [0.2, 0.25) is 0 Å². The molecule has 122 valence electrons. The van der Waals surface area contributed by atoms with Crippen LogP contribution in [0, 0.1) is 0 Å². The smallest absolute Gasteiger partial charge is 0.0991 e. The lowest BCUT2D eigenvalue weighted by molar-refractivity contribution is 0.257. The number of hydrogen-bond donors (Lipinski definition) is 1. The summed E-state index contributed by atoms with van der Waals surface area (Å²) in [7, 11) is 0. The number of fused-ring (bicyclic) bond motifs is 1. The number of nitrogens with two attached hydrogens (primary N) is 1. The van der Waals surface area contributed by atoms with E-state index in [0.29, 0.717) is 0 Å². The van der Waals surface area contributed by atoms with Gasteiger partial charge >= 0.3 is 0 Å². The maximum Gasteiger partial charge on any atom is 0.0991 e. The van der Waals surface area contributed by atoms with Gasteiger partial charge in [-0.3, -0.25) is 4.90 Å². The second-order valence-corrected chi connectivity index (χ2v) is 6.44. The zero-order chi connectivity index (χ0) is 16.4. The molecule has 24 heavy (non-hydrogen) atoms. The summed E-state index contributed by atoms with van der Waals surface area (Å²) >= 11 is 0. The van der Waals surface area contributed by atoms with Crippen molar-refractivity contribution in [3.8, 4) is 5.69 Å². The zero-order valence-electron chi connectivity index (χ0n) is 13.7. The van der Waals surface area contributed by atoms with Crippen molar-refractivity contribution in [1.29, 1.82) is 0 Å². The van der Waals surface area contributed by atoms with Gasteiger partial charge in [0.25, 0.3) is 0 Å². The summed E-state index contributed by atoms with van der Waals surface area (Å²) in [4.78, 5) is 6.67. The number of hydrogen-bond acceptors (Lipinski definition) is 3. The highest BCUT2D eigenvalue weighted by atomic mass is 15.1. The normalized spacial score (nSPS) is 14.5. The van der Waals surface area contributed by atoms with Crippen LogP contribution in [0.4, 0.5) is 5.69 Å². The van der Waals surface area contributed by atoms with Crippen molar-refractivity contribution in [2.75, 3.05) is 18.8 Å². The van der Waals surface area contributed by atoms with E-state index in [1.165, 1.54) is 22.4 Å². The average molecular weight is 318 g/mol. The molecule has 0 amide bonds. The van der Waals surface area contributed by atoms with E-state index in [0.717, 1.165) is 38.2 Å². The summed E-state index contributed by atoms with van der Waals surface area (Å²) in [6.45, 7) is 3.25. The van der Waals surface area contributed by atoms with Crippen LogP contribution in [-0.4, -0.2) is 27.5 Å². The van der Waals surface area contributed by atoms with E-state index in [2.05, 4.69) is 44.8 Å². The second kappa shape index (κ2) is 6.49. The van der Waals surface area contributed by atoms with Crippen molar-refractivity contribution in [3.05, 3.63) is 77.9 Å². The van der Waals surface area contributed by atoms with Gasteiger partial charge in [0.1, 0.15) is 0 Å². The zero-order valence-corrected chi connectivity index (χ0v) is 13.7. The van der Waals surface area contributed by atoms with Crippen molar-refractivity contribution in [2.45, 2.75) is 19.4 Å². The fraction of sp³-hybridized carbons (Fsp3) is 0.250. The predicted molar refractivity (Wildman–Crippen MR) is 97.1 cm³/mol. The molecular formula is C20H22N4. The first kappa shape index (κ1) is 15.0. The van der Waals surface area contributed by atoms with Gasteiger partial charge in [0.15, 0.2) is 0 Å². The second-order valence-electron chi connectivity index (χ2n) is 6.44. The third kappa shape index (κ3) is 3.19. The molecule has 2 heterocycles. The third-order valence-electron chi connectivity index (χ3n) is 4.78. The van der Waals surface area contributed by atoms with E-state index in [4.69, 9.17) is 5.73 Å². The van der Waals surface area contributed by atoms with Crippen LogP contribution >= 0.6 is 0 Å². The standard InChI is InChI=1S/C20H22N4/c21-19-4-1-16(2-5-19)7-10-23-11-8-17-13-20(6-3-18(17)14-23)24-12-9-22-15-24/h1-6,9,12-13,15H,7-8,10-11,14,21H2. The molecule has 0 aliphatic carbocycles. The summed E-state index contributed by atoms with van der Waals surface area (Å²) in [5, 5.41) is 0. The molecule has 0 radical (unpaired) electrons. The molecule has 4 nitrogen and oxygen atoms in total. The lowest BCUT2D eigenvalue weighted by Crippen LogP contribution is -2.32. The summed E-state index contributed by atoms with van der Waals surface area (Å²) in [5.74, 6) is 0. The number of rotatable bonds is 4. The van der Waals surface area contributed by atoms with E-state index in [9.17, 15) is 0 Å². The molecule has 2 N–H and O–H groups in total. The van der Waals surface area contributed by atoms with Gasteiger partial charge < -0.3 is 10.3 Å². The molecule has 0 saturated carbocycles. The fourth-order valence-corrected chi connectivity index (χ4v) is 3.33. The van der Waals surface area contributed by atoms with Gasteiger partial charge in [0.2, 0.25) is 0 Å². The molecule has 4 heteroatoms. The molecule has 1 aliphatic rings. The van der Waals surface area contributed by atoms with Gasteiger partial charge in [-0.25, -0.2) is 4.98 Å². The number of aromatic nitrogens is 2. The van der Waals surface area contributed by atoms with Crippen LogP contribution in [0.1, 0.15) is 16.7 Å². The Bertz CT molecular complexity index is 806. The molecule has 0 atom stereocenters. The third-order valence-corrected chi connectivity index (χ3v) is 4.78. The van der Waals surface area contributed by atoms with E-state index in [1.807, 2.05) is 30.9 Å². The first-order valence-electron chi connectivity index (χ1n) is 8.45. The molecule has 0 saturated heterocycles.